The molecular formula is C8H21NOSi. The van der Waals surface area contributed by atoms with Crippen LogP contribution in [0.15, 0.2) is 0 Å². The van der Waals surface area contributed by atoms with Crippen LogP contribution in [0.25, 0.3) is 0 Å². The lowest BCUT2D eigenvalue weighted by atomic mass is 10.0. The standard InChI is InChI=1S/C8H21NOSi/c1-8(2,10-11)6-5-7-9(3)4/h5-7H2,1-4,11H3. The molecule has 0 aliphatic heterocycles. The molecule has 0 aromatic heterocycles. The highest BCUT2D eigenvalue weighted by molar-refractivity contribution is 5.98. The summed E-state index contributed by atoms with van der Waals surface area (Å²) in [7, 11) is 5.06. The molecule has 0 aliphatic carbocycles. The van der Waals surface area contributed by atoms with Crippen molar-refractivity contribution in [2.75, 3.05) is 20.6 Å². The molecule has 11 heavy (non-hydrogen) atoms. The molecule has 0 N–H and O–H groups in total. The van der Waals surface area contributed by atoms with Gasteiger partial charge in [0.25, 0.3) is 0 Å². The van der Waals surface area contributed by atoms with Crippen molar-refractivity contribution in [3.8, 4) is 0 Å². The monoisotopic (exact) mass is 175 g/mol. The quantitative estimate of drug-likeness (QED) is 0.561. The Morgan fingerprint density at radius 3 is 2.27 bits per heavy atom. The molecule has 0 unspecified atom stereocenters. The van der Waals surface area contributed by atoms with Crippen LogP contribution in [0.2, 0.25) is 0 Å². The van der Waals surface area contributed by atoms with Crippen LogP contribution in [-0.2, 0) is 4.43 Å². The Kier molecular flexibility index (Phi) is 4.96. The Bertz CT molecular complexity index is 104. The second-order valence-electron chi connectivity index (χ2n) is 3.87. The minimum absolute atomic E-state index is 0.113. The summed E-state index contributed by atoms with van der Waals surface area (Å²) < 4.78 is 5.44. The van der Waals surface area contributed by atoms with Crippen LogP contribution in [0.5, 0.6) is 0 Å². The summed E-state index contributed by atoms with van der Waals surface area (Å²) in [4.78, 5) is 2.21. The van der Waals surface area contributed by atoms with Crippen LogP contribution < -0.4 is 0 Å². The molecule has 0 saturated carbocycles. The van der Waals surface area contributed by atoms with E-state index in [4.69, 9.17) is 4.43 Å². The normalized spacial score (nSPS) is 12.8. The molecule has 0 atom stereocenters. The molecule has 0 spiro atoms. The van der Waals surface area contributed by atoms with Crippen LogP contribution in [0.4, 0.5) is 0 Å². The van der Waals surface area contributed by atoms with E-state index in [-0.39, 0.29) is 5.60 Å². The molecular weight excluding hydrogens is 154 g/mol. The van der Waals surface area contributed by atoms with Crippen molar-refractivity contribution in [2.24, 2.45) is 0 Å². The third kappa shape index (κ3) is 6.53. The van der Waals surface area contributed by atoms with Gasteiger partial charge in [-0.1, -0.05) is 0 Å². The van der Waals surface area contributed by atoms with Crippen molar-refractivity contribution >= 4 is 10.5 Å². The van der Waals surface area contributed by atoms with E-state index in [2.05, 4.69) is 32.8 Å². The first-order valence-corrected chi connectivity index (χ1v) is 4.99. The maximum Gasteiger partial charge on any atom is 0.146 e. The SMILES string of the molecule is CN(C)CCCC(C)(C)O[SiH3]. The molecule has 0 rings (SSSR count). The van der Waals surface area contributed by atoms with E-state index >= 15 is 0 Å². The van der Waals surface area contributed by atoms with E-state index in [1.807, 2.05) is 0 Å². The molecule has 2 nitrogen and oxygen atoms in total. The lowest BCUT2D eigenvalue weighted by Gasteiger charge is -2.24. The van der Waals surface area contributed by atoms with Gasteiger partial charge < -0.3 is 9.33 Å². The van der Waals surface area contributed by atoms with Gasteiger partial charge in [-0.3, -0.25) is 0 Å². The van der Waals surface area contributed by atoms with Gasteiger partial charge in [-0.2, -0.15) is 0 Å². The molecule has 68 valence electrons. The zero-order valence-corrected chi connectivity index (χ0v) is 10.5. The van der Waals surface area contributed by atoms with Gasteiger partial charge in [-0.25, -0.2) is 0 Å². The maximum absolute atomic E-state index is 5.44. The van der Waals surface area contributed by atoms with Crippen molar-refractivity contribution in [2.45, 2.75) is 32.3 Å². The van der Waals surface area contributed by atoms with Gasteiger partial charge in [0.2, 0.25) is 0 Å². The average molecular weight is 175 g/mol. The first kappa shape index (κ1) is 11.1. The fourth-order valence-electron chi connectivity index (χ4n) is 0.923. The Labute approximate surface area is 73.5 Å². The summed E-state index contributed by atoms with van der Waals surface area (Å²) in [6.07, 6.45) is 2.39. The molecule has 0 aliphatic rings. The highest BCUT2D eigenvalue weighted by Gasteiger charge is 2.14. The predicted octanol–water partition coefficient (Wildman–Crippen LogP) is 0.404. The third-order valence-electron chi connectivity index (χ3n) is 1.94. The average Bonchev–Trinajstić information content (AvgIpc) is 1.87. The van der Waals surface area contributed by atoms with Crippen LogP contribution in [0, 0.1) is 0 Å². The smallest absolute Gasteiger partial charge is 0.146 e. The number of nitrogens with zero attached hydrogens (tertiary/aromatic N) is 1. The molecule has 0 amide bonds. The summed E-state index contributed by atoms with van der Waals surface area (Å²) in [5, 5.41) is 0. The summed E-state index contributed by atoms with van der Waals surface area (Å²) in [6, 6.07) is 0. The Morgan fingerprint density at radius 1 is 1.36 bits per heavy atom. The fourth-order valence-corrected chi connectivity index (χ4v) is 1.13. The Hall–Kier alpha value is 0.137. The molecule has 0 radical (unpaired) electrons. The van der Waals surface area contributed by atoms with E-state index in [1.54, 1.807) is 0 Å². The van der Waals surface area contributed by atoms with Crippen LogP contribution in [0.1, 0.15) is 26.7 Å². The van der Waals surface area contributed by atoms with Gasteiger partial charge >= 0.3 is 0 Å². The lowest BCUT2D eigenvalue weighted by molar-refractivity contribution is 0.107. The second kappa shape index (κ2) is 4.90. The summed E-state index contributed by atoms with van der Waals surface area (Å²) in [6.45, 7) is 5.49. The van der Waals surface area contributed by atoms with Crippen LogP contribution >= 0.6 is 0 Å². The van der Waals surface area contributed by atoms with Crippen molar-refractivity contribution in [3.05, 3.63) is 0 Å². The molecule has 3 heteroatoms. The first-order chi connectivity index (χ1) is 4.98. The summed E-state index contributed by atoms with van der Waals surface area (Å²) in [5.74, 6) is 0. The zero-order valence-electron chi connectivity index (χ0n) is 8.48. The highest BCUT2D eigenvalue weighted by Crippen LogP contribution is 2.14. The van der Waals surface area contributed by atoms with E-state index < -0.39 is 0 Å². The van der Waals surface area contributed by atoms with Crippen molar-refractivity contribution in [1.82, 2.24) is 4.90 Å². The lowest BCUT2D eigenvalue weighted by Crippen LogP contribution is -2.25. The first-order valence-electron chi connectivity index (χ1n) is 4.18. The van der Waals surface area contributed by atoms with Crippen molar-refractivity contribution < 1.29 is 4.43 Å². The maximum atomic E-state index is 5.44. The largest absolute Gasteiger partial charge is 0.423 e. The minimum Gasteiger partial charge on any atom is -0.423 e. The van der Waals surface area contributed by atoms with E-state index in [0.717, 1.165) is 23.5 Å². The predicted molar refractivity (Wildman–Crippen MR) is 52.9 cm³/mol. The number of hydrogen-bond acceptors (Lipinski definition) is 2. The Morgan fingerprint density at radius 2 is 1.91 bits per heavy atom. The molecule has 0 fully saturated rings. The zero-order chi connectivity index (χ0) is 8.91. The summed E-state index contributed by atoms with van der Waals surface area (Å²) >= 11 is 0. The van der Waals surface area contributed by atoms with Gasteiger partial charge in [0.15, 0.2) is 0 Å². The fraction of sp³-hybridized carbons (Fsp3) is 1.00. The highest BCUT2D eigenvalue weighted by atomic mass is 28.2. The molecule has 0 heterocycles. The Balaban J connectivity index is 3.38. The third-order valence-corrected chi connectivity index (χ3v) is 3.04. The van der Waals surface area contributed by atoms with E-state index in [0.29, 0.717) is 0 Å². The van der Waals surface area contributed by atoms with Crippen molar-refractivity contribution in [1.29, 1.82) is 0 Å². The van der Waals surface area contributed by atoms with E-state index in [1.165, 1.54) is 6.42 Å². The van der Waals surface area contributed by atoms with Crippen LogP contribution in [-0.4, -0.2) is 41.6 Å². The van der Waals surface area contributed by atoms with E-state index in [9.17, 15) is 0 Å². The minimum atomic E-state index is 0.113. The topological polar surface area (TPSA) is 12.5 Å². The number of hydrogen-bond donors (Lipinski definition) is 0. The van der Waals surface area contributed by atoms with Gasteiger partial charge in [0.05, 0.1) is 0 Å². The molecule has 0 saturated heterocycles. The van der Waals surface area contributed by atoms with Crippen molar-refractivity contribution in [3.63, 3.8) is 0 Å². The van der Waals surface area contributed by atoms with Gasteiger partial charge in [-0.15, -0.1) is 0 Å². The number of rotatable bonds is 5. The molecule has 0 aromatic carbocycles. The van der Waals surface area contributed by atoms with Gasteiger partial charge in [0, 0.05) is 5.60 Å². The van der Waals surface area contributed by atoms with Gasteiger partial charge in [0.1, 0.15) is 10.5 Å². The van der Waals surface area contributed by atoms with Crippen LogP contribution in [0.3, 0.4) is 0 Å². The summed E-state index contributed by atoms with van der Waals surface area (Å²) in [5.41, 5.74) is 0.113. The second-order valence-corrected chi connectivity index (χ2v) is 4.28. The van der Waals surface area contributed by atoms with Gasteiger partial charge in [-0.05, 0) is 47.3 Å². The molecule has 0 aromatic rings. The molecule has 0 bridgehead atoms.